The second-order valence-corrected chi connectivity index (χ2v) is 13.7. The molecule has 0 aliphatic rings. The summed E-state index contributed by atoms with van der Waals surface area (Å²) >= 11 is 1.41. The van der Waals surface area contributed by atoms with E-state index < -0.39 is 23.1 Å². The van der Waals surface area contributed by atoms with E-state index in [1.165, 1.54) is 43.4 Å². The second kappa shape index (κ2) is 13.7. The van der Waals surface area contributed by atoms with Crippen molar-refractivity contribution in [3.8, 4) is 10.4 Å². The van der Waals surface area contributed by atoms with Gasteiger partial charge in [0.2, 0.25) is 0 Å². The zero-order chi connectivity index (χ0) is 33.2. The number of aromatic nitrogens is 1. The average Bonchev–Trinajstić information content (AvgIpc) is 3.36. The lowest BCUT2D eigenvalue weighted by atomic mass is 10.00. The van der Waals surface area contributed by atoms with Crippen molar-refractivity contribution < 1.29 is 18.7 Å². The SMILES string of the molecule is CC(C)Cc1cn(Cc2c(F)cccc2F)c2sc(-c3ccc(NC(=O)C(C)(C)O)cc3)c(CN(C)Cc3ccccc3)c2c1=O. The first-order chi connectivity index (χ1) is 21.8. The predicted octanol–water partition coefficient (Wildman–Crippen LogP) is 7.60. The van der Waals surface area contributed by atoms with E-state index in [1.54, 1.807) is 18.3 Å². The minimum atomic E-state index is -1.54. The summed E-state index contributed by atoms with van der Waals surface area (Å²) in [5.41, 5.74) is 2.24. The molecule has 6 nitrogen and oxygen atoms in total. The quantitative estimate of drug-likeness (QED) is 0.156. The fraction of sp³-hybridized carbons (Fsp3) is 0.297. The molecule has 0 spiro atoms. The molecule has 2 aromatic heterocycles. The molecular formula is C37H39F2N3O3S. The Kier molecular flexibility index (Phi) is 9.86. The van der Waals surface area contributed by atoms with Gasteiger partial charge in [-0.3, -0.25) is 14.5 Å². The van der Waals surface area contributed by atoms with Crippen molar-refractivity contribution in [1.29, 1.82) is 0 Å². The Bertz CT molecular complexity index is 1890. The van der Waals surface area contributed by atoms with Gasteiger partial charge in [-0.05, 0) is 74.2 Å². The zero-order valence-electron chi connectivity index (χ0n) is 26.7. The fourth-order valence-electron chi connectivity index (χ4n) is 5.50. The third-order valence-corrected chi connectivity index (χ3v) is 9.10. The number of hydrogen-bond donors (Lipinski definition) is 2. The third kappa shape index (κ3) is 7.44. The van der Waals surface area contributed by atoms with E-state index in [4.69, 9.17) is 0 Å². The predicted molar refractivity (Wildman–Crippen MR) is 182 cm³/mol. The number of carbonyl (C=O) groups excluding carboxylic acids is 1. The number of benzene rings is 3. The summed E-state index contributed by atoms with van der Waals surface area (Å²) in [6, 6.07) is 21.1. The van der Waals surface area contributed by atoms with E-state index >= 15 is 0 Å². The number of hydrogen-bond acceptors (Lipinski definition) is 5. The minimum absolute atomic E-state index is 0.0625. The normalized spacial score (nSPS) is 12.0. The molecule has 9 heteroatoms. The smallest absolute Gasteiger partial charge is 0.255 e. The summed E-state index contributed by atoms with van der Waals surface area (Å²) in [6.07, 6.45) is 2.28. The van der Waals surface area contributed by atoms with Crippen molar-refractivity contribution in [2.45, 2.75) is 59.4 Å². The van der Waals surface area contributed by atoms with Crippen LogP contribution in [0.1, 0.15) is 49.9 Å². The van der Waals surface area contributed by atoms with Crippen LogP contribution in [0.5, 0.6) is 0 Å². The third-order valence-electron chi connectivity index (χ3n) is 7.78. The van der Waals surface area contributed by atoms with Crippen LogP contribution in [0.3, 0.4) is 0 Å². The highest BCUT2D eigenvalue weighted by Crippen LogP contribution is 2.39. The van der Waals surface area contributed by atoms with E-state index in [0.29, 0.717) is 41.0 Å². The first-order valence-corrected chi connectivity index (χ1v) is 16.1. The first-order valence-electron chi connectivity index (χ1n) is 15.3. The molecule has 5 rings (SSSR count). The maximum Gasteiger partial charge on any atom is 0.255 e. The molecule has 0 aliphatic heterocycles. The van der Waals surface area contributed by atoms with Crippen molar-refractivity contribution in [3.63, 3.8) is 0 Å². The van der Waals surface area contributed by atoms with E-state index in [9.17, 15) is 23.5 Å². The number of nitrogens with zero attached hydrogens (tertiary/aromatic N) is 2. The molecule has 1 amide bonds. The largest absolute Gasteiger partial charge is 0.381 e. The summed E-state index contributed by atoms with van der Waals surface area (Å²) in [5, 5.41) is 13.3. The summed E-state index contributed by atoms with van der Waals surface area (Å²) in [4.78, 5) is 30.2. The highest BCUT2D eigenvalue weighted by molar-refractivity contribution is 7.22. The van der Waals surface area contributed by atoms with Gasteiger partial charge in [0.1, 0.15) is 22.1 Å². The molecule has 3 aromatic carbocycles. The van der Waals surface area contributed by atoms with Crippen LogP contribution in [-0.2, 0) is 30.8 Å². The number of fused-ring (bicyclic) bond motifs is 1. The van der Waals surface area contributed by atoms with Gasteiger partial charge in [-0.15, -0.1) is 11.3 Å². The molecule has 240 valence electrons. The molecule has 0 bridgehead atoms. The highest BCUT2D eigenvalue weighted by atomic mass is 32.1. The van der Waals surface area contributed by atoms with Gasteiger partial charge in [-0.2, -0.15) is 0 Å². The van der Waals surface area contributed by atoms with Crippen LogP contribution in [0, 0.1) is 17.6 Å². The molecule has 2 N–H and O–H groups in total. The number of thiophene rings is 1. The number of carbonyl (C=O) groups is 1. The lowest BCUT2D eigenvalue weighted by Crippen LogP contribution is -2.36. The van der Waals surface area contributed by atoms with Gasteiger partial charge in [-0.1, -0.05) is 62.4 Å². The molecule has 0 unspecified atom stereocenters. The van der Waals surface area contributed by atoms with Gasteiger partial charge in [-0.25, -0.2) is 8.78 Å². The van der Waals surface area contributed by atoms with E-state index in [2.05, 4.69) is 22.3 Å². The van der Waals surface area contributed by atoms with Gasteiger partial charge >= 0.3 is 0 Å². The molecule has 0 saturated carbocycles. The summed E-state index contributed by atoms with van der Waals surface area (Å²) < 4.78 is 31.6. The molecular weight excluding hydrogens is 604 g/mol. The van der Waals surface area contributed by atoms with Crippen LogP contribution in [0.25, 0.3) is 20.7 Å². The van der Waals surface area contributed by atoms with Gasteiger partial charge in [0, 0.05) is 41.0 Å². The molecule has 0 radical (unpaired) electrons. The molecule has 0 atom stereocenters. The highest BCUT2D eigenvalue weighted by Gasteiger charge is 2.25. The fourth-order valence-corrected chi connectivity index (χ4v) is 6.79. The Morgan fingerprint density at radius 1 is 0.957 bits per heavy atom. The van der Waals surface area contributed by atoms with Crippen LogP contribution >= 0.6 is 11.3 Å². The summed E-state index contributed by atoms with van der Waals surface area (Å²) in [5.74, 6) is -1.61. The number of nitrogens with one attached hydrogen (secondary N) is 1. The number of rotatable bonds is 11. The average molecular weight is 644 g/mol. The van der Waals surface area contributed by atoms with E-state index in [-0.39, 0.29) is 23.5 Å². The molecule has 2 heterocycles. The summed E-state index contributed by atoms with van der Waals surface area (Å²) in [6.45, 7) is 7.95. The lowest BCUT2D eigenvalue weighted by molar-refractivity contribution is -0.130. The van der Waals surface area contributed by atoms with Crippen LogP contribution in [0.4, 0.5) is 14.5 Å². The molecule has 0 saturated heterocycles. The summed E-state index contributed by atoms with van der Waals surface area (Å²) in [7, 11) is 2.00. The number of anilines is 1. The molecule has 5 aromatic rings. The van der Waals surface area contributed by atoms with Crippen LogP contribution in [0.2, 0.25) is 0 Å². The van der Waals surface area contributed by atoms with Crippen LogP contribution in [-0.4, -0.2) is 33.1 Å². The minimum Gasteiger partial charge on any atom is -0.381 e. The molecule has 0 fully saturated rings. The van der Waals surface area contributed by atoms with Gasteiger partial charge < -0.3 is 15.0 Å². The second-order valence-electron chi connectivity index (χ2n) is 12.7. The van der Waals surface area contributed by atoms with E-state index in [1.807, 2.05) is 55.8 Å². The van der Waals surface area contributed by atoms with Gasteiger partial charge in [0.15, 0.2) is 5.43 Å². The Balaban J connectivity index is 1.68. The van der Waals surface area contributed by atoms with Gasteiger partial charge in [0.05, 0.1) is 11.9 Å². The Morgan fingerprint density at radius 3 is 2.22 bits per heavy atom. The monoisotopic (exact) mass is 643 g/mol. The number of aliphatic hydroxyl groups is 1. The lowest BCUT2D eigenvalue weighted by Gasteiger charge is -2.19. The number of halogens is 2. The Labute approximate surface area is 271 Å². The van der Waals surface area contributed by atoms with Crippen molar-refractivity contribution in [3.05, 3.63) is 123 Å². The number of pyridine rings is 1. The first kappa shape index (κ1) is 33.2. The van der Waals surface area contributed by atoms with Crippen molar-refractivity contribution in [2.75, 3.05) is 12.4 Å². The number of amides is 1. The van der Waals surface area contributed by atoms with Crippen molar-refractivity contribution >= 4 is 33.1 Å². The van der Waals surface area contributed by atoms with E-state index in [0.717, 1.165) is 21.6 Å². The Hall–Kier alpha value is -4.18. The standard InChI is InChI=1S/C37H39F2N3O3S/c1-23(2)18-26-20-42(22-28-30(38)12-9-13-31(28)39)35-32(33(26)43)29(21-41(5)19-24-10-7-6-8-11-24)34(46-35)25-14-16-27(17-15-25)40-36(44)37(3,4)45/h6-17,20,23,45H,18-19,21-22H2,1-5H3,(H,40,44). The zero-order valence-corrected chi connectivity index (χ0v) is 27.6. The van der Waals surface area contributed by atoms with Crippen molar-refractivity contribution in [1.82, 2.24) is 9.47 Å². The Morgan fingerprint density at radius 2 is 1.61 bits per heavy atom. The van der Waals surface area contributed by atoms with Gasteiger partial charge in [0.25, 0.3) is 5.91 Å². The maximum absolute atomic E-state index is 14.9. The maximum atomic E-state index is 14.9. The molecule has 46 heavy (non-hydrogen) atoms. The van der Waals surface area contributed by atoms with Crippen LogP contribution in [0.15, 0.2) is 83.8 Å². The van der Waals surface area contributed by atoms with Crippen molar-refractivity contribution in [2.24, 2.45) is 5.92 Å². The van der Waals surface area contributed by atoms with Crippen LogP contribution < -0.4 is 10.7 Å². The molecule has 0 aliphatic carbocycles. The topological polar surface area (TPSA) is 74.6 Å².